The number of H-pyrrole nitrogens is 1. The van der Waals surface area contributed by atoms with Crippen molar-refractivity contribution in [3.8, 4) is 11.3 Å². The SMILES string of the molecule is Cc1ccc(-c2cnc(C3(CN)COC3)[nH]2)cc1. The molecule has 0 radical (unpaired) electrons. The van der Waals surface area contributed by atoms with Gasteiger partial charge in [0.05, 0.1) is 30.5 Å². The molecule has 0 amide bonds. The van der Waals surface area contributed by atoms with E-state index in [1.54, 1.807) is 0 Å². The fourth-order valence-electron chi connectivity index (χ4n) is 2.17. The number of imidazole rings is 1. The topological polar surface area (TPSA) is 63.9 Å². The van der Waals surface area contributed by atoms with Crippen LogP contribution < -0.4 is 5.73 Å². The fourth-order valence-corrected chi connectivity index (χ4v) is 2.17. The van der Waals surface area contributed by atoms with Crippen molar-refractivity contribution in [2.24, 2.45) is 5.73 Å². The Kier molecular flexibility index (Phi) is 2.69. The van der Waals surface area contributed by atoms with E-state index in [-0.39, 0.29) is 5.41 Å². The molecule has 94 valence electrons. The van der Waals surface area contributed by atoms with Gasteiger partial charge in [0.25, 0.3) is 0 Å². The smallest absolute Gasteiger partial charge is 0.118 e. The molecule has 2 aromatic rings. The second kappa shape index (κ2) is 4.23. The van der Waals surface area contributed by atoms with E-state index >= 15 is 0 Å². The Balaban J connectivity index is 1.91. The van der Waals surface area contributed by atoms with Crippen molar-refractivity contribution in [1.29, 1.82) is 0 Å². The van der Waals surface area contributed by atoms with Crippen molar-refractivity contribution in [3.63, 3.8) is 0 Å². The highest BCUT2D eigenvalue weighted by Crippen LogP contribution is 2.30. The first-order chi connectivity index (χ1) is 8.73. The van der Waals surface area contributed by atoms with Gasteiger partial charge in [0.2, 0.25) is 0 Å². The summed E-state index contributed by atoms with van der Waals surface area (Å²) in [5, 5.41) is 0. The molecule has 1 saturated heterocycles. The maximum Gasteiger partial charge on any atom is 0.118 e. The second-order valence-electron chi connectivity index (χ2n) is 4.99. The molecular weight excluding hydrogens is 226 g/mol. The zero-order valence-electron chi connectivity index (χ0n) is 10.4. The summed E-state index contributed by atoms with van der Waals surface area (Å²) in [6.07, 6.45) is 1.87. The van der Waals surface area contributed by atoms with Crippen LogP contribution in [0.3, 0.4) is 0 Å². The van der Waals surface area contributed by atoms with Crippen molar-refractivity contribution in [2.45, 2.75) is 12.3 Å². The van der Waals surface area contributed by atoms with Gasteiger partial charge in [0.15, 0.2) is 0 Å². The van der Waals surface area contributed by atoms with Crippen LogP contribution in [0.5, 0.6) is 0 Å². The molecule has 4 nitrogen and oxygen atoms in total. The number of aryl methyl sites for hydroxylation is 1. The van der Waals surface area contributed by atoms with E-state index < -0.39 is 0 Å². The molecule has 0 bridgehead atoms. The van der Waals surface area contributed by atoms with Crippen molar-refractivity contribution >= 4 is 0 Å². The lowest BCUT2D eigenvalue weighted by Crippen LogP contribution is -2.52. The Labute approximate surface area is 106 Å². The van der Waals surface area contributed by atoms with Crippen molar-refractivity contribution in [2.75, 3.05) is 19.8 Å². The standard InChI is InChI=1S/C14H17N3O/c1-10-2-4-11(5-3-10)12-6-16-13(17-12)14(7-15)8-18-9-14/h2-6H,7-9,15H2,1H3,(H,16,17). The first-order valence-electron chi connectivity index (χ1n) is 6.14. The highest BCUT2D eigenvalue weighted by atomic mass is 16.5. The van der Waals surface area contributed by atoms with Crippen LogP contribution in [0.4, 0.5) is 0 Å². The molecule has 0 spiro atoms. The van der Waals surface area contributed by atoms with Crippen molar-refractivity contribution in [3.05, 3.63) is 41.9 Å². The number of benzene rings is 1. The van der Waals surface area contributed by atoms with E-state index in [9.17, 15) is 0 Å². The molecular formula is C14H17N3O. The molecule has 0 unspecified atom stereocenters. The largest absolute Gasteiger partial charge is 0.379 e. The van der Waals surface area contributed by atoms with E-state index in [1.807, 2.05) is 6.20 Å². The molecule has 18 heavy (non-hydrogen) atoms. The minimum absolute atomic E-state index is 0.108. The summed E-state index contributed by atoms with van der Waals surface area (Å²) in [7, 11) is 0. The van der Waals surface area contributed by atoms with Crippen LogP contribution in [0.15, 0.2) is 30.5 Å². The first kappa shape index (κ1) is 11.4. The van der Waals surface area contributed by atoms with Crippen molar-refractivity contribution in [1.82, 2.24) is 9.97 Å². The van der Waals surface area contributed by atoms with Crippen LogP contribution in [0.1, 0.15) is 11.4 Å². The number of hydrogen-bond acceptors (Lipinski definition) is 3. The monoisotopic (exact) mass is 243 g/mol. The van der Waals surface area contributed by atoms with Gasteiger partial charge in [-0.1, -0.05) is 29.8 Å². The van der Waals surface area contributed by atoms with Crippen LogP contribution in [-0.2, 0) is 10.2 Å². The number of rotatable bonds is 3. The average Bonchev–Trinajstić information content (AvgIpc) is 2.79. The molecule has 4 heteroatoms. The molecule has 0 atom stereocenters. The molecule has 1 aliphatic heterocycles. The highest BCUT2D eigenvalue weighted by molar-refractivity contribution is 5.59. The van der Waals surface area contributed by atoms with Gasteiger partial charge in [-0.3, -0.25) is 0 Å². The average molecular weight is 243 g/mol. The van der Waals surface area contributed by atoms with E-state index in [0.29, 0.717) is 19.8 Å². The molecule has 2 heterocycles. The second-order valence-corrected chi connectivity index (χ2v) is 4.99. The summed E-state index contributed by atoms with van der Waals surface area (Å²) in [5.41, 5.74) is 9.15. The van der Waals surface area contributed by atoms with E-state index in [2.05, 4.69) is 41.2 Å². The molecule has 1 aliphatic rings. The maximum absolute atomic E-state index is 5.83. The number of nitrogens with one attached hydrogen (secondary N) is 1. The van der Waals surface area contributed by atoms with Gasteiger partial charge >= 0.3 is 0 Å². The Morgan fingerprint density at radius 2 is 2.06 bits per heavy atom. The maximum atomic E-state index is 5.83. The quantitative estimate of drug-likeness (QED) is 0.861. The van der Waals surface area contributed by atoms with Gasteiger partial charge in [0, 0.05) is 6.54 Å². The van der Waals surface area contributed by atoms with Gasteiger partial charge in [-0.15, -0.1) is 0 Å². The van der Waals surface area contributed by atoms with Crippen LogP contribution in [0.25, 0.3) is 11.3 Å². The summed E-state index contributed by atoms with van der Waals surface area (Å²) in [6, 6.07) is 8.39. The molecule has 0 aliphatic carbocycles. The van der Waals surface area contributed by atoms with Crippen molar-refractivity contribution < 1.29 is 4.74 Å². The third kappa shape index (κ3) is 1.74. The lowest BCUT2D eigenvalue weighted by atomic mass is 9.85. The number of aromatic amines is 1. The minimum atomic E-state index is -0.108. The first-order valence-corrected chi connectivity index (χ1v) is 6.14. The fraction of sp³-hybridized carbons (Fsp3) is 0.357. The molecule has 3 N–H and O–H groups in total. The van der Waals surface area contributed by atoms with Crippen LogP contribution in [0.2, 0.25) is 0 Å². The van der Waals surface area contributed by atoms with Crippen LogP contribution >= 0.6 is 0 Å². The molecule has 1 fully saturated rings. The summed E-state index contributed by atoms with van der Waals surface area (Å²) in [4.78, 5) is 7.84. The number of ether oxygens (including phenoxy) is 1. The third-order valence-corrected chi connectivity index (χ3v) is 3.59. The van der Waals surface area contributed by atoms with Crippen LogP contribution in [0, 0.1) is 6.92 Å². The molecule has 1 aromatic heterocycles. The number of nitrogens with two attached hydrogens (primary N) is 1. The Morgan fingerprint density at radius 3 is 2.61 bits per heavy atom. The Hall–Kier alpha value is -1.65. The summed E-state index contributed by atoms with van der Waals surface area (Å²) < 4.78 is 5.27. The van der Waals surface area contributed by atoms with Crippen LogP contribution in [-0.4, -0.2) is 29.7 Å². The summed E-state index contributed by atoms with van der Waals surface area (Å²) >= 11 is 0. The van der Waals surface area contributed by atoms with E-state index in [0.717, 1.165) is 17.1 Å². The van der Waals surface area contributed by atoms with Gasteiger partial charge in [-0.2, -0.15) is 0 Å². The molecule has 0 saturated carbocycles. The third-order valence-electron chi connectivity index (χ3n) is 3.59. The van der Waals surface area contributed by atoms with Gasteiger partial charge in [-0.25, -0.2) is 4.98 Å². The predicted octanol–water partition coefficient (Wildman–Crippen LogP) is 1.61. The normalized spacial score (nSPS) is 17.4. The highest BCUT2D eigenvalue weighted by Gasteiger charge is 2.41. The Bertz CT molecular complexity index is 535. The number of aromatic nitrogens is 2. The zero-order valence-corrected chi connectivity index (χ0v) is 10.4. The predicted molar refractivity (Wildman–Crippen MR) is 70.3 cm³/mol. The van der Waals surface area contributed by atoms with Gasteiger partial charge < -0.3 is 15.5 Å². The number of nitrogens with zero attached hydrogens (tertiary/aromatic N) is 1. The summed E-state index contributed by atoms with van der Waals surface area (Å²) in [5.74, 6) is 0.937. The Morgan fingerprint density at radius 1 is 1.33 bits per heavy atom. The van der Waals surface area contributed by atoms with E-state index in [4.69, 9.17) is 10.5 Å². The van der Waals surface area contributed by atoms with E-state index in [1.165, 1.54) is 5.56 Å². The lowest BCUT2D eigenvalue weighted by molar-refractivity contribution is -0.0589. The zero-order chi connectivity index (χ0) is 12.6. The minimum Gasteiger partial charge on any atom is -0.379 e. The van der Waals surface area contributed by atoms with Gasteiger partial charge in [0.1, 0.15) is 5.82 Å². The lowest BCUT2D eigenvalue weighted by Gasteiger charge is -2.38. The number of hydrogen-bond donors (Lipinski definition) is 2. The summed E-state index contributed by atoms with van der Waals surface area (Å²) in [6.45, 7) is 3.96. The molecule has 1 aromatic carbocycles. The van der Waals surface area contributed by atoms with Gasteiger partial charge in [-0.05, 0) is 12.5 Å². The molecule has 3 rings (SSSR count).